The van der Waals surface area contributed by atoms with E-state index in [0.29, 0.717) is 22.4 Å². The number of aryl methyl sites for hydroxylation is 1. The number of aromatic nitrogens is 4. The van der Waals surface area contributed by atoms with Gasteiger partial charge in [-0.3, -0.25) is 4.40 Å². The molecule has 0 spiro atoms. The molecule has 4 heterocycles. The third-order valence-electron chi connectivity index (χ3n) is 6.19. The van der Waals surface area contributed by atoms with E-state index in [-0.39, 0.29) is 5.56 Å². The predicted octanol–water partition coefficient (Wildman–Crippen LogP) is 4.66. The van der Waals surface area contributed by atoms with Crippen molar-refractivity contribution in [1.82, 2.24) is 24.1 Å². The van der Waals surface area contributed by atoms with Gasteiger partial charge in [-0.2, -0.15) is 14.6 Å². The lowest BCUT2D eigenvalue weighted by Crippen LogP contribution is -2.26. The number of nitriles is 1. The summed E-state index contributed by atoms with van der Waals surface area (Å²) in [6.45, 7) is 4.18. The first-order valence-electron chi connectivity index (χ1n) is 11.1. The van der Waals surface area contributed by atoms with Crippen molar-refractivity contribution in [3.8, 4) is 17.5 Å². The highest BCUT2D eigenvalue weighted by atomic mass is 32.1. The molecule has 0 aliphatic carbocycles. The Kier molecular flexibility index (Phi) is 5.79. The van der Waals surface area contributed by atoms with Crippen molar-refractivity contribution < 1.29 is 4.39 Å². The maximum atomic E-state index is 13.6. The second-order valence-corrected chi connectivity index (χ2v) is 8.94. The van der Waals surface area contributed by atoms with Crippen molar-refractivity contribution in [1.29, 1.82) is 5.26 Å². The molecule has 1 N–H and O–H groups in total. The van der Waals surface area contributed by atoms with Gasteiger partial charge in [0, 0.05) is 30.3 Å². The van der Waals surface area contributed by atoms with Gasteiger partial charge in [0.25, 0.3) is 0 Å². The number of nitrogens with one attached hydrogen (secondary N) is 1. The van der Waals surface area contributed by atoms with Gasteiger partial charge < -0.3 is 10.2 Å². The number of rotatable bonds is 5. The third-order valence-corrected chi connectivity index (χ3v) is 6.99. The van der Waals surface area contributed by atoms with E-state index >= 15 is 0 Å². The maximum absolute atomic E-state index is 13.6. The lowest BCUT2D eigenvalue weighted by Gasteiger charge is -2.23. The Labute approximate surface area is 195 Å². The average molecular weight is 462 g/mol. The molecule has 168 valence electrons. The minimum Gasteiger partial charge on any atom is -0.317 e. The van der Waals surface area contributed by atoms with Crippen molar-refractivity contribution in [2.45, 2.75) is 32.1 Å². The second kappa shape index (κ2) is 8.89. The van der Waals surface area contributed by atoms with Crippen LogP contribution in [0.5, 0.6) is 0 Å². The fourth-order valence-corrected chi connectivity index (χ4v) is 5.09. The number of imidazole rings is 1. The molecule has 33 heavy (non-hydrogen) atoms. The zero-order chi connectivity index (χ0) is 22.9. The van der Waals surface area contributed by atoms with Crippen LogP contribution in [0.3, 0.4) is 0 Å². The van der Waals surface area contributed by atoms with Crippen LogP contribution in [0.2, 0.25) is 0 Å². The molecule has 1 saturated heterocycles. The number of halogens is 1. The number of pyridine rings is 1. The summed E-state index contributed by atoms with van der Waals surface area (Å²) in [7, 11) is 1.96. The summed E-state index contributed by atoms with van der Waals surface area (Å²) in [6.07, 6.45) is 5.25. The summed E-state index contributed by atoms with van der Waals surface area (Å²) in [5, 5.41) is 13.5. The smallest absolute Gasteiger partial charge is 0.210 e. The van der Waals surface area contributed by atoms with Gasteiger partial charge in [0.1, 0.15) is 17.3 Å². The minimum absolute atomic E-state index is 0.220. The van der Waals surface area contributed by atoms with Crippen LogP contribution >= 0.6 is 11.5 Å². The molecule has 1 aliphatic rings. The monoisotopic (exact) mass is 461 g/mol. The summed E-state index contributed by atoms with van der Waals surface area (Å²) >= 11 is 1.25. The number of hydrogen-bond donors (Lipinski definition) is 1. The molecule has 0 amide bonds. The molecule has 0 atom stereocenters. The molecule has 9 heteroatoms. The van der Waals surface area contributed by atoms with E-state index in [2.05, 4.69) is 44.3 Å². The molecule has 0 saturated carbocycles. The highest BCUT2D eigenvalue weighted by Crippen LogP contribution is 2.34. The molecule has 1 aliphatic heterocycles. The molecule has 4 aromatic rings. The first-order chi connectivity index (χ1) is 16.1. The van der Waals surface area contributed by atoms with Crippen LogP contribution in [-0.4, -0.2) is 38.9 Å². The van der Waals surface area contributed by atoms with E-state index in [1.165, 1.54) is 29.2 Å². The largest absolute Gasteiger partial charge is 0.317 e. The fourth-order valence-electron chi connectivity index (χ4n) is 4.44. The standard InChI is InChI=1S/C24H24FN7S/c1-3-20-23(32-14-16(4-7-21(32)28-20)15-8-10-27-11-9-15)31(2)24-29-22(30-33-24)19-6-5-18(25)12-17(19)13-26/h4-7,12,14-15,27H,3,8-11H2,1-2H3. The summed E-state index contributed by atoms with van der Waals surface area (Å²) in [5.74, 6) is 1.47. The van der Waals surface area contributed by atoms with Gasteiger partial charge in [0.05, 0.1) is 17.3 Å². The van der Waals surface area contributed by atoms with Gasteiger partial charge in [-0.15, -0.1) is 0 Å². The van der Waals surface area contributed by atoms with Gasteiger partial charge >= 0.3 is 0 Å². The number of hydrogen-bond acceptors (Lipinski definition) is 7. The van der Waals surface area contributed by atoms with Crippen molar-refractivity contribution in [2.75, 3.05) is 25.0 Å². The van der Waals surface area contributed by atoms with Crippen LogP contribution in [0.15, 0.2) is 36.5 Å². The molecule has 5 rings (SSSR count). The highest BCUT2D eigenvalue weighted by molar-refractivity contribution is 7.10. The second-order valence-electron chi connectivity index (χ2n) is 8.21. The topological polar surface area (TPSA) is 82.1 Å². The molecular formula is C24H24FN7S. The molecular weight excluding hydrogens is 437 g/mol. The Morgan fingerprint density at radius 3 is 2.82 bits per heavy atom. The number of fused-ring (bicyclic) bond motifs is 1. The molecule has 1 fully saturated rings. The fraction of sp³-hybridized carbons (Fsp3) is 0.333. The van der Waals surface area contributed by atoms with E-state index in [1.54, 1.807) is 6.07 Å². The summed E-state index contributed by atoms with van der Waals surface area (Å²) in [6, 6.07) is 10.4. The van der Waals surface area contributed by atoms with Gasteiger partial charge in [0.2, 0.25) is 5.13 Å². The first-order valence-corrected chi connectivity index (χ1v) is 11.9. The lowest BCUT2D eigenvalue weighted by molar-refractivity contribution is 0.459. The van der Waals surface area contributed by atoms with Crippen LogP contribution in [-0.2, 0) is 6.42 Å². The van der Waals surface area contributed by atoms with E-state index in [9.17, 15) is 9.65 Å². The summed E-state index contributed by atoms with van der Waals surface area (Å²) in [5.41, 5.74) is 3.95. The molecule has 0 unspecified atom stereocenters. The van der Waals surface area contributed by atoms with E-state index in [4.69, 9.17) is 4.98 Å². The minimum atomic E-state index is -0.453. The lowest BCUT2D eigenvalue weighted by atomic mass is 9.91. The zero-order valence-electron chi connectivity index (χ0n) is 18.5. The van der Waals surface area contributed by atoms with Crippen LogP contribution in [0.25, 0.3) is 17.0 Å². The van der Waals surface area contributed by atoms with Crippen LogP contribution in [0.1, 0.15) is 42.5 Å². The van der Waals surface area contributed by atoms with Gasteiger partial charge in [-0.25, -0.2) is 9.37 Å². The third kappa shape index (κ3) is 3.96. The summed E-state index contributed by atoms with van der Waals surface area (Å²) in [4.78, 5) is 11.5. The van der Waals surface area contributed by atoms with Crippen molar-refractivity contribution >= 4 is 28.1 Å². The SMILES string of the molecule is CCc1nc2ccc(C3CCNCC3)cn2c1N(C)c1nc(-c2ccc(F)cc2C#N)ns1. The Hall–Kier alpha value is -3.35. The average Bonchev–Trinajstić information content (AvgIpc) is 3.48. The van der Waals surface area contributed by atoms with Crippen LogP contribution < -0.4 is 10.2 Å². The van der Waals surface area contributed by atoms with Crippen molar-refractivity contribution in [3.05, 3.63) is 59.2 Å². The van der Waals surface area contributed by atoms with E-state index in [0.717, 1.165) is 49.5 Å². The highest BCUT2D eigenvalue weighted by Gasteiger charge is 2.22. The van der Waals surface area contributed by atoms with Gasteiger partial charge in [-0.1, -0.05) is 13.0 Å². The number of nitrogens with zero attached hydrogens (tertiary/aromatic N) is 6. The predicted molar refractivity (Wildman–Crippen MR) is 127 cm³/mol. The zero-order valence-corrected chi connectivity index (χ0v) is 19.4. The molecule has 3 aromatic heterocycles. The molecule has 1 aromatic carbocycles. The normalized spacial score (nSPS) is 14.5. The Bertz CT molecular complexity index is 1350. The van der Waals surface area contributed by atoms with E-state index in [1.807, 2.05) is 18.0 Å². The van der Waals surface area contributed by atoms with Crippen molar-refractivity contribution in [3.63, 3.8) is 0 Å². The molecule has 0 radical (unpaired) electrons. The molecule has 7 nitrogen and oxygen atoms in total. The molecule has 0 bridgehead atoms. The quantitative estimate of drug-likeness (QED) is 0.465. The van der Waals surface area contributed by atoms with Crippen molar-refractivity contribution in [2.24, 2.45) is 0 Å². The number of anilines is 2. The number of piperidine rings is 1. The maximum Gasteiger partial charge on any atom is 0.210 e. The van der Waals surface area contributed by atoms with Crippen LogP contribution in [0.4, 0.5) is 15.3 Å². The first kappa shape index (κ1) is 21.5. The van der Waals surface area contributed by atoms with Gasteiger partial charge in [-0.05, 0) is 68.1 Å². The van der Waals surface area contributed by atoms with Crippen LogP contribution in [0, 0.1) is 17.1 Å². The summed E-state index contributed by atoms with van der Waals surface area (Å²) < 4.78 is 20.2. The Balaban J connectivity index is 1.54. The Morgan fingerprint density at radius 2 is 2.06 bits per heavy atom. The van der Waals surface area contributed by atoms with Gasteiger partial charge in [0.15, 0.2) is 5.82 Å². The number of benzene rings is 1. The van der Waals surface area contributed by atoms with E-state index < -0.39 is 5.82 Å². The Morgan fingerprint density at radius 1 is 1.24 bits per heavy atom.